The molecule has 0 aliphatic carbocycles. The van der Waals surface area contributed by atoms with E-state index in [4.69, 9.17) is 4.74 Å². The van der Waals surface area contributed by atoms with Crippen LogP contribution in [0, 0.1) is 6.92 Å². The average Bonchev–Trinajstić information content (AvgIpc) is 2.92. The molecule has 0 amide bonds. The van der Waals surface area contributed by atoms with Crippen molar-refractivity contribution in [3.63, 3.8) is 0 Å². The normalized spacial score (nSPS) is 10.5. The molecule has 1 N–H and O–H groups in total. The van der Waals surface area contributed by atoms with Gasteiger partial charge in [0.25, 0.3) is 0 Å². The van der Waals surface area contributed by atoms with Crippen molar-refractivity contribution in [1.82, 2.24) is 4.98 Å². The van der Waals surface area contributed by atoms with Crippen LogP contribution in [-0.2, 0) is 4.79 Å². The molecule has 0 unspecified atom stereocenters. The predicted octanol–water partition coefficient (Wildman–Crippen LogP) is 3.65. The van der Waals surface area contributed by atoms with Gasteiger partial charge in [-0.2, -0.15) is 0 Å². The van der Waals surface area contributed by atoms with Gasteiger partial charge in [-0.25, -0.2) is 0 Å². The first kappa shape index (κ1) is 13.1. The van der Waals surface area contributed by atoms with Gasteiger partial charge in [-0.15, -0.1) is 0 Å². The number of fused-ring (bicyclic) bond motifs is 1. The minimum Gasteiger partial charge on any atom is -0.457 e. The number of carbonyl (C=O) groups excluding carboxylic acids is 2. The third-order valence-electron chi connectivity index (χ3n) is 3.35. The number of carbonyl (C=O) groups is 2. The number of para-hydroxylation sites is 1. The van der Waals surface area contributed by atoms with E-state index < -0.39 is 5.78 Å². The van der Waals surface area contributed by atoms with Crippen LogP contribution in [0.3, 0.4) is 0 Å². The van der Waals surface area contributed by atoms with Crippen molar-refractivity contribution in [1.29, 1.82) is 0 Å². The summed E-state index contributed by atoms with van der Waals surface area (Å²) >= 11 is 0. The highest BCUT2D eigenvalue weighted by Gasteiger charge is 2.12. The first-order valence-corrected chi connectivity index (χ1v) is 6.53. The van der Waals surface area contributed by atoms with E-state index in [9.17, 15) is 9.59 Å². The molecule has 0 atom stereocenters. The van der Waals surface area contributed by atoms with Crippen LogP contribution in [0.4, 0.5) is 0 Å². The number of benzene rings is 2. The molecule has 0 fully saturated rings. The number of nitrogens with one attached hydrogen (secondary N) is 1. The first-order valence-electron chi connectivity index (χ1n) is 6.53. The summed E-state index contributed by atoms with van der Waals surface area (Å²) < 4.78 is 5.84. The summed E-state index contributed by atoms with van der Waals surface area (Å²) in [7, 11) is 0. The minimum absolute atomic E-state index is 0.317. The number of aromatic amines is 1. The Hall–Kier alpha value is -2.88. The van der Waals surface area contributed by atoms with Crippen molar-refractivity contribution in [2.45, 2.75) is 6.92 Å². The molecule has 3 rings (SSSR count). The highest BCUT2D eigenvalue weighted by molar-refractivity contribution is 6.36. The number of rotatable bonds is 4. The van der Waals surface area contributed by atoms with Crippen molar-refractivity contribution in [2.75, 3.05) is 0 Å². The molecule has 21 heavy (non-hydrogen) atoms. The molecule has 4 nitrogen and oxygen atoms in total. The molecular weight excluding hydrogens is 266 g/mol. The number of hydrogen-bond donors (Lipinski definition) is 1. The van der Waals surface area contributed by atoms with E-state index in [2.05, 4.69) is 4.98 Å². The van der Waals surface area contributed by atoms with E-state index in [0.717, 1.165) is 16.8 Å². The number of hydrogen-bond acceptors (Lipinski definition) is 3. The number of ether oxygens (including phenoxy) is 1. The minimum atomic E-state index is -0.547. The van der Waals surface area contributed by atoms with Crippen LogP contribution in [0.5, 0.6) is 11.5 Å². The average molecular weight is 279 g/mol. The maximum atomic E-state index is 11.6. The van der Waals surface area contributed by atoms with E-state index in [1.807, 2.05) is 43.3 Å². The van der Waals surface area contributed by atoms with Crippen LogP contribution in [0.15, 0.2) is 48.7 Å². The van der Waals surface area contributed by atoms with Gasteiger partial charge in [0.1, 0.15) is 11.5 Å². The first-order chi connectivity index (χ1) is 10.2. The second kappa shape index (κ2) is 5.25. The lowest BCUT2D eigenvalue weighted by Gasteiger charge is -2.08. The lowest BCUT2D eigenvalue weighted by molar-refractivity contribution is -0.104. The SMILES string of the molecule is Cc1ccccc1Oc1ccc2[nH]cc(C(=O)C=O)c2c1. The Morgan fingerprint density at radius 3 is 2.76 bits per heavy atom. The van der Waals surface area contributed by atoms with E-state index in [-0.39, 0.29) is 0 Å². The number of Topliss-reactive ketones (excluding diaryl/α,β-unsaturated/α-hetero) is 1. The molecule has 1 heterocycles. The molecule has 0 saturated heterocycles. The summed E-state index contributed by atoms with van der Waals surface area (Å²) in [5, 5.41) is 0.679. The molecule has 0 aliphatic heterocycles. The quantitative estimate of drug-likeness (QED) is 0.450. The van der Waals surface area contributed by atoms with Gasteiger partial charge in [0, 0.05) is 17.1 Å². The molecule has 4 heteroatoms. The number of aromatic nitrogens is 1. The Balaban J connectivity index is 2.02. The predicted molar refractivity (Wildman–Crippen MR) is 79.9 cm³/mol. The van der Waals surface area contributed by atoms with Gasteiger partial charge in [-0.05, 0) is 36.8 Å². The fourth-order valence-electron chi connectivity index (χ4n) is 2.23. The van der Waals surface area contributed by atoms with E-state index in [0.29, 0.717) is 23.0 Å². The zero-order valence-electron chi connectivity index (χ0n) is 11.4. The number of ketones is 1. The molecule has 0 saturated carbocycles. The number of aryl methyl sites for hydroxylation is 1. The van der Waals surface area contributed by atoms with Crippen molar-refractivity contribution in [3.8, 4) is 11.5 Å². The maximum absolute atomic E-state index is 11.6. The highest BCUT2D eigenvalue weighted by atomic mass is 16.5. The topological polar surface area (TPSA) is 59.2 Å². The Kier molecular flexibility index (Phi) is 3.28. The van der Waals surface area contributed by atoms with Crippen molar-refractivity contribution < 1.29 is 14.3 Å². The summed E-state index contributed by atoms with van der Waals surface area (Å²) in [5.74, 6) is 0.835. The smallest absolute Gasteiger partial charge is 0.227 e. The lowest BCUT2D eigenvalue weighted by atomic mass is 10.1. The number of H-pyrrole nitrogens is 1. The van der Waals surface area contributed by atoms with E-state index in [1.54, 1.807) is 12.3 Å². The maximum Gasteiger partial charge on any atom is 0.227 e. The number of aldehydes is 1. The molecule has 3 aromatic rings. The molecule has 0 bridgehead atoms. The lowest BCUT2D eigenvalue weighted by Crippen LogP contribution is -1.98. The van der Waals surface area contributed by atoms with Crippen molar-refractivity contribution in [3.05, 3.63) is 59.8 Å². The fraction of sp³-hybridized carbons (Fsp3) is 0.0588. The second-order valence-corrected chi connectivity index (χ2v) is 4.76. The van der Waals surface area contributed by atoms with Crippen LogP contribution < -0.4 is 4.74 Å². The summed E-state index contributed by atoms with van der Waals surface area (Å²) in [6.07, 6.45) is 1.86. The van der Waals surface area contributed by atoms with Crippen LogP contribution in [0.1, 0.15) is 15.9 Å². The van der Waals surface area contributed by atoms with Gasteiger partial charge < -0.3 is 9.72 Å². The van der Waals surface area contributed by atoms with Crippen LogP contribution >= 0.6 is 0 Å². The molecule has 0 spiro atoms. The third-order valence-corrected chi connectivity index (χ3v) is 3.35. The van der Waals surface area contributed by atoms with Crippen LogP contribution in [0.25, 0.3) is 10.9 Å². The second-order valence-electron chi connectivity index (χ2n) is 4.76. The fourth-order valence-corrected chi connectivity index (χ4v) is 2.23. The van der Waals surface area contributed by atoms with Gasteiger partial charge in [0.2, 0.25) is 5.78 Å². The summed E-state index contributed by atoms with van der Waals surface area (Å²) in [6, 6.07) is 13.1. The molecule has 2 aromatic carbocycles. The Bertz CT molecular complexity index is 833. The standard InChI is InChI=1S/C17H13NO3/c1-11-4-2-3-5-17(11)21-12-6-7-15-13(8-12)14(9-18-15)16(20)10-19/h2-10,18H,1H3. The molecular formula is C17H13NO3. The van der Waals surface area contributed by atoms with Crippen LogP contribution in [-0.4, -0.2) is 17.1 Å². The highest BCUT2D eigenvalue weighted by Crippen LogP contribution is 2.29. The van der Waals surface area contributed by atoms with Gasteiger partial charge in [-0.1, -0.05) is 18.2 Å². The van der Waals surface area contributed by atoms with Crippen molar-refractivity contribution in [2.24, 2.45) is 0 Å². The summed E-state index contributed by atoms with van der Waals surface area (Å²) in [5.41, 5.74) is 2.17. The monoisotopic (exact) mass is 279 g/mol. The van der Waals surface area contributed by atoms with Gasteiger partial charge in [0.05, 0.1) is 5.56 Å². The van der Waals surface area contributed by atoms with Crippen LogP contribution in [0.2, 0.25) is 0 Å². The molecule has 0 radical (unpaired) electrons. The zero-order valence-corrected chi connectivity index (χ0v) is 11.4. The van der Waals surface area contributed by atoms with Gasteiger partial charge >= 0.3 is 0 Å². The summed E-state index contributed by atoms with van der Waals surface area (Å²) in [6.45, 7) is 1.96. The van der Waals surface area contributed by atoms with Gasteiger partial charge in [0.15, 0.2) is 6.29 Å². The summed E-state index contributed by atoms with van der Waals surface area (Å²) in [4.78, 5) is 25.2. The molecule has 1 aromatic heterocycles. The molecule has 104 valence electrons. The Morgan fingerprint density at radius 1 is 1.19 bits per heavy atom. The third kappa shape index (κ3) is 2.43. The van der Waals surface area contributed by atoms with E-state index in [1.165, 1.54) is 0 Å². The van der Waals surface area contributed by atoms with Gasteiger partial charge in [-0.3, -0.25) is 9.59 Å². The Morgan fingerprint density at radius 2 is 2.00 bits per heavy atom. The zero-order chi connectivity index (χ0) is 14.8. The molecule has 0 aliphatic rings. The Labute approximate surface area is 121 Å². The largest absolute Gasteiger partial charge is 0.457 e. The van der Waals surface area contributed by atoms with E-state index >= 15 is 0 Å². The van der Waals surface area contributed by atoms with Crippen molar-refractivity contribution >= 4 is 23.0 Å².